The van der Waals surface area contributed by atoms with E-state index in [1.807, 2.05) is 13.8 Å². The number of aliphatic hydroxyl groups excluding tert-OH is 2. The average molecular weight is 756 g/mol. The Morgan fingerprint density at radius 3 is 1.21 bits per heavy atom. The predicted octanol–water partition coefficient (Wildman–Crippen LogP) is 3.85. The second kappa shape index (κ2) is 30.8. The number of hydrogen-bond acceptors (Lipinski definition) is 12. The molecule has 43 heavy (non-hydrogen) atoms. The van der Waals surface area contributed by atoms with Crippen LogP contribution in [0.2, 0.25) is 8.87 Å². The van der Waals surface area contributed by atoms with Crippen LogP contribution in [-0.2, 0) is 63.5 Å². The van der Waals surface area contributed by atoms with Gasteiger partial charge >= 0.3 is 88.1 Å². The molecule has 4 unspecified atom stereocenters. The molecule has 0 amide bonds. The van der Waals surface area contributed by atoms with Gasteiger partial charge in [0.25, 0.3) is 0 Å². The van der Waals surface area contributed by atoms with Crippen LogP contribution in [0.15, 0.2) is 0 Å². The number of ketones is 2. The molecule has 0 rings (SSSR count). The van der Waals surface area contributed by atoms with Gasteiger partial charge < -0.3 is 45.1 Å². The first-order valence-electron chi connectivity index (χ1n) is 14.9. The van der Waals surface area contributed by atoms with Gasteiger partial charge in [-0.05, 0) is 11.8 Å². The number of esters is 2. The molecule has 0 spiro atoms. The number of carbonyl (C=O) groups is 6. The summed E-state index contributed by atoms with van der Waals surface area (Å²) in [7, 11) is 2.78. The fourth-order valence-electron chi connectivity index (χ4n) is 3.65. The number of aliphatic hydroxyl groups is 2. The molecule has 2 N–H and O–H groups in total. The van der Waals surface area contributed by atoms with E-state index in [0.29, 0.717) is 12.8 Å². The van der Waals surface area contributed by atoms with E-state index in [2.05, 4.69) is 48.6 Å². The Balaban J connectivity index is -0.000000560. The van der Waals surface area contributed by atoms with Crippen LogP contribution in [0.5, 0.6) is 0 Å². The number of rotatable bonds is 22. The molecule has 0 aliphatic carbocycles. The standard InChI is InChI=1S/2C11H20O3S.2C4H7O2.Sn/c2*1-3-5-6-8(4-2)7-9(12)10(13)11(14)15;2*1-3-4(5)6-2;/h2*8,10,13H,3-7H2,1-2H3,(H,14,15);2*1,3H2,2H3;/q;;;;+2/p-2. The van der Waals surface area contributed by atoms with E-state index < -0.39 is 55.1 Å². The Hall–Kier alpha value is -1.22. The molecule has 0 aromatic heterocycles. The van der Waals surface area contributed by atoms with E-state index in [1.165, 1.54) is 14.2 Å². The zero-order chi connectivity index (χ0) is 33.8. The van der Waals surface area contributed by atoms with Gasteiger partial charge in [0.2, 0.25) is 0 Å². The number of Topliss-reactive ketones (excluding diaryl/α,β-unsaturated/α-hetero) is 2. The molecule has 0 aromatic rings. The molecule has 0 aliphatic heterocycles. The van der Waals surface area contributed by atoms with Crippen molar-refractivity contribution in [2.75, 3.05) is 14.2 Å². The first kappa shape index (κ1) is 46.2. The second-order valence-corrected chi connectivity index (χ2v) is 15.1. The summed E-state index contributed by atoms with van der Waals surface area (Å²) >= 11 is 7.94. The molecular weight excluding hydrogens is 703 g/mol. The number of ether oxygens (including phenoxy) is 2. The van der Waals surface area contributed by atoms with Gasteiger partial charge in [-0.1, -0.05) is 79.1 Å². The average Bonchev–Trinajstić information content (AvgIpc) is 2.99. The van der Waals surface area contributed by atoms with Crippen LogP contribution in [-0.4, -0.2) is 91.5 Å². The van der Waals surface area contributed by atoms with Crippen LogP contribution >= 0.6 is 0 Å². The predicted molar refractivity (Wildman–Crippen MR) is 171 cm³/mol. The SMILES string of the molecule is CCCCC(CC)CC(=O)C(O)C(=O)[S-].CCCCC(CC)CC(=O)C(O)C(=O)[S-].COC(=O)C[CH2][Sn+2][CH2]CC(=O)OC. The van der Waals surface area contributed by atoms with Crippen molar-refractivity contribution in [1.82, 2.24) is 0 Å². The van der Waals surface area contributed by atoms with E-state index in [-0.39, 0.29) is 36.6 Å². The molecule has 13 heteroatoms. The zero-order valence-corrected chi connectivity index (χ0v) is 31.2. The van der Waals surface area contributed by atoms with E-state index >= 15 is 0 Å². The normalized spacial score (nSPS) is 12.8. The molecule has 4 atom stereocenters. The van der Waals surface area contributed by atoms with Crippen molar-refractivity contribution >= 4 is 80.1 Å². The third-order valence-electron chi connectivity index (χ3n) is 6.59. The van der Waals surface area contributed by atoms with Crippen LogP contribution in [0.4, 0.5) is 0 Å². The van der Waals surface area contributed by atoms with Gasteiger partial charge in [0.15, 0.2) is 11.6 Å². The monoisotopic (exact) mass is 756 g/mol. The van der Waals surface area contributed by atoms with Gasteiger partial charge in [0.05, 0.1) is 0 Å². The Bertz CT molecular complexity index is 746. The maximum absolute atomic E-state index is 11.4. The molecule has 0 radical (unpaired) electrons. The minimum atomic E-state index is -1.59. The maximum atomic E-state index is 11.4. The van der Waals surface area contributed by atoms with Crippen LogP contribution in [0.25, 0.3) is 0 Å². The van der Waals surface area contributed by atoms with Crippen LogP contribution in [0.3, 0.4) is 0 Å². The molecular formula is C30H52O10S2Sn. The van der Waals surface area contributed by atoms with Crippen LogP contribution < -0.4 is 0 Å². The number of hydrogen-bond donors (Lipinski definition) is 2. The Labute approximate surface area is 279 Å². The fourth-order valence-corrected chi connectivity index (χ4v) is 6.80. The van der Waals surface area contributed by atoms with Gasteiger partial charge in [-0.25, -0.2) is 0 Å². The third-order valence-corrected chi connectivity index (χ3v) is 10.5. The summed E-state index contributed by atoms with van der Waals surface area (Å²) in [5, 5.41) is 16.6. The fraction of sp³-hybridized carbons (Fsp3) is 0.800. The molecule has 0 aromatic carbocycles. The molecule has 0 bridgehead atoms. The van der Waals surface area contributed by atoms with Gasteiger partial charge in [0, 0.05) is 23.1 Å². The van der Waals surface area contributed by atoms with Crippen molar-refractivity contribution in [2.24, 2.45) is 11.8 Å². The Morgan fingerprint density at radius 1 is 0.651 bits per heavy atom. The van der Waals surface area contributed by atoms with Crippen molar-refractivity contribution in [3.63, 3.8) is 0 Å². The van der Waals surface area contributed by atoms with Crippen molar-refractivity contribution in [3.8, 4) is 0 Å². The van der Waals surface area contributed by atoms with Gasteiger partial charge in [0.1, 0.15) is 12.2 Å². The first-order chi connectivity index (χ1) is 20.2. The summed E-state index contributed by atoms with van der Waals surface area (Å²) in [4.78, 5) is 65.3. The molecule has 10 nitrogen and oxygen atoms in total. The van der Waals surface area contributed by atoms with E-state index in [1.54, 1.807) is 0 Å². The van der Waals surface area contributed by atoms with Crippen molar-refractivity contribution in [1.29, 1.82) is 0 Å². The quantitative estimate of drug-likeness (QED) is 0.0541. The summed E-state index contributed by atoms with van der Waals surface area (Å²) in [6, 6.07) is 0. The number of methoxy groups -OCH3 is 2. The zero-order valence-electron chi connectivity index (χ0n) is 26.7. The third kappa shape index (κ3) is 28.0. The minimum absolute atomic E-state index is 0.154. The van der Waals surface area contributed by atoms with Crippen molar-refractivity contribution in [2.45, 2.75) is 126 Å². The van der Waals surface area contributed by atoms with Crippen molar-refractivity contribution in [3.05, 3.63) is 0 Å². The first-order valence-corrected chi connectivity index (χ1v) is 19.8. The van der Waals surface area contributed by atoms with E-state index in [9.17, 15) is 28.8 Å². The van der Waals surface area contributed by atoms with Gasteiger partial charge in [-0.2, -0.15) is 0 Å². The number of carbonyl (C=O) groups excluding carboxylic acids is 6. The topological polar surface area (TPSA) is 161 Å². The summed E-state index contributed by atoms with van der Waals surface area (Å²) in [6.45, 7) is 8.21. The number of unbranched alkanes of at least 4 members (excludes halogenated alkanes) is 2. The second-order valence-electron chi connectivity index (χ2n) is 10.0. The molecule has 0 aliphatic rings. The van der Waals surface area contributed by atoms with Gasteiger partial charge in [-0.15, -0.1) is 0 Å². The summed E-state index contributed by atoms with van der Waals surface area (Å²) in [5.41, 5.74) is 0. The Morgan fingerprint density at radius 2 is 0.977 bits per heavy atom. The van der Waals surface area contributed by atoms with Gasteiger partial charge in [-0.3, -0.25) is 9.59 Å². The van der Waals surface area contributed by atoms with Crippen LogP contribution in [0, 0.1) is 11.8 Å². The molecule has 0 fully saturated rings. The van der Waals surface area contributed by atoms with E-state index in [0.717, 1.165) is 60.2 Å². The molecule has 0 saturated heterocycles. The molecule has 0 saturated carbocycles. The molecule has 0 heterocycles. The van der Waals surface area contributed by atoms with E-state index in [4.69, 9.17) is 10.2 Å². The summed E-state index contributed by atoms with van der Waals surface area (Å²) in [5.74, 6) is -0.642. The van der Waals surface area contributed by atoms with Crippen molar-refractivity contribution < 1.29 is 48.5 Å². The Kier molecular flexibility index (Phi) is 33.1. The molecule has 248 valence electrons. The summed E-state index contributed by atoms with van der Waals surface area (Å²) in [6.07, 6.45) is 6.41. The summed E-state index contributed by atoms with van der Waals surface area (Å²) < 4.78 is 10.9. The van der Waals surface area contributed by atoms with Crippen LogP contribution in [0.1, 0.15) is 105 Å².